The van der Waals surface area contributed by atoms with Crippen LogP contribution in [0.5, 0.6) is 0 Å². The van der Waals surface area contributed by atoms with Crippen LogP contribution in [-0.4, -0.2) is 26.2 Å². The highest BCUT2D eigenvalue weighted by atomic mass is 32.2. The molecule has 0 spiro atoms. The van der Waals surface area contributed by atoms with Crippen molar-refractivity contribution in [2.45, 2.75) is 17.9 Å². The molecule has 0 radical (unpaired) electrons. The van der Waals surface area contributed by atoms with Crippen LogP contribution >= 0.6 is 0 Å². The first-order chi connectivity index (χ1) is 10.7. The van der Waals surface area contributed by atoms with Gasteiger partial charge in [-0.25, -0.2) is 14.0 Å². The molecule has 0 aromatic heterocycles. The van der Waals surface area contributed by atoms with Crippen molar-refractivity contribution in [1.29, 1.82) is 0 Å². The molecule has 1 atom stereocenters. The largest absolute Gasteiger partial charge is 0.288 e. The van der Waals surface area contributed by atoms with E-state index in [4.69, 9.17) is 5.21 Å². The second-order valence-electron chi connectivity index (χ2n) is 5.10. The van der Waals surface area contributed by atoms with Gasteiger partial charge < -0.3 is 0 Å². The normalized spacial score (nSPS) is 15.9. The number of hydrogen-bond acceptors (Lipinski definition) is 3. The fourth-order valence-corrected chi connectivity index (χ4v) is 3.76. The average Bonchev–Trinajstić information content (AvgIpc) is 2.60. The van der Waals surface area contributed by atoms with Gasteiger partial charge in [0, 0.05) is 18.7 Å². The zero-order chi connectivity index (χ0) is 15.5. The Morgan fingerprint density at radius 3 is 2.64 bits per heavy atom. The summed E-state index contributed by atoms with van der Waals surface area (Å²) in [4.78, 5) is 12.2. The number of hydrogen-bond donors (Lipinski definition) is 2. The Hall–Kier alpha value is -2.02. The molecule has 6 heteroatoms. The maximum atomic E-state index is 12.6. The molecule has 22 heavy (non-hydrogen) atoms. The standard InChI is InChI=1S/C16H16N2O3S/c19-16(17-20)13-6-7-14-11-18(9-8-12(14)10-13)22(21)15-4-2-1-3-5-15/h1-7,10,20H,8-9,11H2,(H,17,19). The Bertz CT molecular complexity index is 719. The molecule has 1 aliphatic rings. The Balaban J connectivity index is 1.80. The lowest BCUT2D eigenvalue weighted by atomic mass is 9.98. The van der Waals surface area contributed by atoms with E-state index in [0.29, 0.717) is 18.7 Å². The molecule has 2 N–H and O–H groups in total. The lowest BCUT2D eigenvalue weighted by Gasteiger charge is -2.27. The summed E-state index contributed by atoms with van der Waals surface area (Å²) in [6.45, 7) is 1.25. The highest BCUT2D eigenvalue weighted by Gasteiger charge is 2.22. The maximum absolute atomic E-state index is 12.6. The van der Waals surface area contributed by atoms with Crippen LogP contribution in [0.2, 0.25) is 0 Å². The molecule has 2 aromatic carbocycles. The number of rotatable bonds is 3. The van der Waals surface area contributed by atoms with Crippen molar-refractivity contribution in [2.75, 3.05) is 6.54 Å². The monoisotopic (exact) mass is 316 g/mol. The zero-order valence-corrected chi connectivity index (χ0v) is 12.7. The second-order valence-corrected chi connectivity index (χ2v) is 6.59. The molecule has 114 valence electrons. The SMILES string of the molecule is O=C(NO)c1ccc2c(c1)CCN(S(=O)c1ccccc1)C2. The first-order valence-electron chi connectivity index (χ1n) is 6.97. The van der Waals surface area contributed by atoms with Gasteiger partial charge in [0.15, 0.2) is 0 Å². The summed E-state index contributed by atoms with van der Waals surface area (Å²) in [5.74, 6) is -0.516. The lowest BCUT2D eigenvalue weighted by Crippen LogP contribution is -2.32. The highest BCUT2D eigenvalue weighted by Crippen LogP contribution is 2.23. The summed E-state index contributed by atoms with van der Waals surface area (Å²) in [5.41, 5.74) is 4.19. The number of carbonyl (C=O) groups is 1. The third-order valence-electron chi connectivity index (χ3n) is 3.73. The Kier molecular flexibility index (Phi) is 4.33. The van der Waals surface area contributed by atoms with E-state index in [-0.39, 0.29) is 0 Å². The summed E-state index contributed by atoms with van der Waals surface area (Å²) in [5, 5.41) is 8.69. The highest BCUT2D eigenvalue weighted by molar-refractivity contribution is 7.82. The molecule has 1 aliphatic heterocycles. The van der Waals surface area contributed by atoms with Gasteiger partial charge in [-0.1, -0.05) is 24.3 Å². The van der Waals surface area contributed by atoms with Gasteiger partial charge in [-0.15, -0.1) is 0 Å². The molecule has 1 heterocycles. The molecular weight excluding hydrogens is 300 g/mol. The van der Waals surface area contributed by atoms with Crippen molar-refractivity contribution >= 4 is 16.9 Å². The Morgan fingerprint density at radius 2 is 1.91 bits per heavy atom. The zero-order valence-electron chi connectivity index (χ0n) is 11.9. The van der Waals surface area contributed by atoms with E-state index >= 15 is 0 Å². The van der Waals surface area contributed by atoms with Crippen LogP contribution in [0, 0.1) is 0 Å². The maximum Gasteiger partial charge on any atom is 0.274 e. The van der Waals surface area contributed by atoms with Gasteiger partial charge in [-0.2, -0.15) is 0 Å². The molecular formula is C16H16N2O3S. The first kappa shape index (κ1) is 14.9. The van der Waals surface area contributed by atoms with E-state index < -0.39 is 16.9 Å². The molecule has 1 unspecified atom stereocenters. The number of fused-ring (bicyclic) bond motifs is 1. The average molecular weight is 316 g/mol. The lowest BCUT2D eigenvalue weighted by molar-refractivity contribution is 0.0706. The molecule has 0 saturated heterocycles. The topological polar surface area (TPSA) is 69.6 Å². The minimum absolute atomic E-state index is 0.430. The summed E-state index contributed by atoms with van der Waals surface area (Å²) >= 11 is 0. The number of amides is 1. The molecule has 0 fully saturated rings. The van der Waals surface area contributed by atoms with Crippen molar-refractivity contribution < 1.29 is 14.2 Å². The summed E-state index contributed by atoms with van der Waals surface area (Å²) in [7, 11) is -1.18. The van der Waals surface area contributed by atoms with Crippen LogP contribution in [0.1, 0.15) is 21.5 Å². The molecule has 1 amide bonds. The minimum Gasteiger partial charge on any atom is -0.288 e. The van der Waals surface area contributed by atoms with E-state index in [1.54, 1.807) is 17.6 Å². The van der Waals surface area contributed by atoms with Crippen LogP contribution in [0.3, 0.4) is 0 Å². The van der Waals surface area contributed by atoms with Gasteiger partial charge in [0.2, 0.25) is 0 Å². The minimum atomic E-state index is -1.18. The van der Waals surface area contributed by atoms with Crippen LogP contribution in [0.15, 0.2) is 53.4 Å². The van der Waals surface area contributed by atoms with Gasteiger partial charge in [0.05, 0.1) is 4.90 Å². The van der Waals surface area contributed by atoms with E-state index in [9.17, 15) is 9.00 Å². The van der Waals surface area contributed by atoms with E-state index in [1.165, 1.54) is 0 Å². The van der Waals surface area contributed by atoms with Crippen molar-refractivity contribution in [2.24, 2.45) is 0 Å². The number of benzene rings is 2. The summed E-state index contributed by atoms with van der Waals surface area (Å²) in [6.07, 6.45) is 0.723. The molecule has 5 nitrogen and oxygen atoms in total. The molecule has 3 rings (SSSR count). The molecule has 0 aliphatic carbocycles. The van der Waals surface area contributed by atoms with Gasteiger partial charge in [-0.05, 0) is 41.8 Å². The third-order valence-corrected chi connectivity index (χ3v) is 5.18. The summed E-state index contributed by atoms with van der Waals surface area (Å²) < 4.78 is 14.5. The third kappa shape index (κ3) is 2.94. The van der Waals surface area contributed by atoms with Crippen LogP contribution in [0.25, 0.3) is 0 Å². The Morgan fingerprint density at radius 1 is 1.14 bits per heavy atom. The predicted octanol–water partition coefficient (Wildman–Crippen LogP) is 1.89. The van der Waals surface area contributed by atoms with Gasteiger partial charge in [0.25, 0.3) is 5.91 Å². The first-order valence-corrected chi connectivity index (χ1v) is 8.08. The number of nitrogens with one attached hydrogen (secondary N) is 1. The molecule has 2 aromatic rings. The van der Waals surface area contributed by atoms with Gasteiger partial charge in [0.1, 0.15) is 11.0 Å². The fourth-order valence-electron chi connectivity index (χ4n) is 2.56. The van der Waals surface area contributed by atoms with Crippen molar-refractivity contribution in [3.63, 3.8) is 0 Å². The van der Waals surface area contributed by atoms with Gasteiger partial charge in [-0.3, -0.25) is 10.0 Å². The molecule has 0 bridgehead atoms. The van der Waals surface area contributed by atoms with Crippen molar-refractivity contribution in [3.8, 4) is 0 Å². The molecule has 0 saturated carbocycles. The smallest absolute Gasteiger partial charge is 0.274 e. The Labute approximate surface area is 131 Å². The quantitative estimate of drug-likeness (QED) is 0.671. The van der Waals surface area contributed by atoms with Crippen LogP contribution in [0.4, 0.5) is 0 Å². The number of nitrogens with zero attached hydrogens (tertiary/aromatic N) is 1. The number of hydroxylamine groups is 1. The van der Waals surface area contributed by atoms with Crippen molar-refractivity contribution in [1.82, 2.24) is 9.79 Å². The second kappa shape index (κ2) is 6.39. The van der Waals surface area contributed by atoms with Crippen LogP contribution in [-0.2, 0) is 24.0 Å². The van der Waals surface area contributed by atoms with E-state index in [0.717, 1.165) is 22.4 Å². The van der Waals surface area contributed by atoms with Gasteiger partial charge >= 0.3 is 0 Å². The predicted molar refractivity (Wildman–Crippen MR) is 82.7 cm³/mol. The van der Waals surface area contributed by atoms with Crippen LogP contribution < -0.4 is 5.48 Å². The fraction of sp³-hybridized carbons (Fsp3) is 0.188. The van der Waals surface area contributed by atoms with E-state index in [1.807, 2.05) is 40.7 Å². The van der Waals surface area contributed by atoms with Crippen molar-refractivity contribution in [3.05, 3.63) is 65.2 Å². The number of carbonyl (C=O) groups excluding carboxylic acids is 1. The van der Waals surface area contributed by atoms with E-state index in [2.05, 4.69) is 0 Å². The summed E-state index contributed by atoms with van der Waals surface area (Å²) in [6, 6.07) is 14.7.